The summed E-state index contributed by atoms with van der Waals surface area (Å²) >= 11 is 0. The number of hydrogen-bond acceptors (Lipinski definition) is 1. The summed E-state index contributed by atoms with van der Waals surface area (Å²) in [6, 6.07) is 3.01. The Morgan fingerprint density at radius 2 is 1.85 bits per heavy atom. The monoisotopic (exact) mass is 286 g/mol. The Bertz CT molecular complexity index is 627. The summed E-state index contributed by atoms with van der Waals surface area (Å²) in [7, 11) is 1.70. The van der Waals surface area contributed by atoms with Gasteiger partial charge in [0.25, 0.3) is 0 Å². The molecule has 108 valence electrons. The molecule has 0 saturated heterocycles. The first-order valence-electron chi connectivity index (χ1n) is 6.11. The molecular weight excluding hydrogens is 272 g/mol. The summed E-state index contributed by atoms with van der Waals surface area (Å²) in [6.45, 7) is 3.81. The number of hydrogen-bond donors (Lipinski definition) is 0. The van der Waals surface area contributed by atoms with E-state index in [1.165, 1.54) is 6.07 Å². The summed E-state index contributed by atoms with van der Waals surface area (Å²) < 4.78 is 53.1. The summed E-state index contributed by atoms with van der Waals surface area (Å²) in [4.78, 5) is 0. The van der Waals surface area contributed by atoms with Crippen molar-refractivity contribution in [2.24, 2.45) is 7.05 Å². The zero-order valence-electron chi connectivity index (χ0n) is 11.3. The Balaban J connectivity index is 2.60. The van der Waals surface area contributed by atoms with Crippen molar-refractivity contribution in [2.45, 2.75) is 25.9 Å². The lowest BCUT2D eigenvalue weighted by Gasteiger charge is -2.11. The summed E-state index contributed by atoms with van der Waals surface area (Å²) in [5.41, 5.74) is 0.337. The standard InChI is InChI=1S/C14H14F4N2/c1-8(2)13-10(7-20(3)19-13)9-4-5-12(15)11(6-9)14(16,17)18/h4-8H,1-3H3. The second kappa shape index (κ2) is 4.92. The zero-order valence-corrected chi connectivity index (χ0v) is 11.3. The Kier molecular flexibility index (Phi) is 3.58. The largest absolute Gasteiger partial charge is 0.419 e. The SMILES string of the molecule is CC(C)c1nn(C)cc1-c1ccc(F)c(C(F)(F)F)c1. The lowest BCUT2D eigenvalue weighted by molar-refractivity contribution is -0.139. The average molecular weight is 286 g/mol. The molecule has 0 fully saturated rings. The Labute approximate surface area is 114 Å². The number of aromatic nitrogens is 2. The van der Waals surface area contributed by atoms with E-state index in [4.69, 9.17) is 0 Å². The van der Waals surface area contributed by atoms with E-state index in [0.717, 1.165) is 12.1 Å². The predicted molar refractivity (Wildman–Crippen MR) is 67.7 cm³/mol. The van der Waals surface area contributed by atoms with E-state index in [9.17, 15) is 17.6 Å². The Morgan fingerprint density at radius 3 is 2.40 bits per heavy atom. The van der Waals surface area contributed by atoms with Crippen molar-refractivity contribution >= 4 is 0 Å². The number of benzene rings is 1. The highest BCUT2D eigenvalue weighted by Gasteiger charge is 2.34. The molecule has 0 radical (unpaired) electrons. The molecule has 2 nitrogen and oxygen atoms in total. The van der Waals surface area contributed by atoms with E-state index in [-0.39, 0.29) is 5.92 Å². The van der Waals surface area contributed by atoms with E-state index in [1.807, 2.05) is 13.8 Å². The van der Waals surface area contributed by atoms with Crippen LogP contribution in [0.4, 0.5) is 17.6 Å². The molecule has 2 rings (SSSR count). The molecule has 0 unspecified atom stereocenters. The van der Waals surface area contributed by atoms with Crippen LogP contribution in [0.2, 0.25) is 0 Å². The van der Waals surface area contributed by atoms with E-state index < -0.39 is 17.6 Å². The predicted octanol–water partition coefficient (Wildman–Crippen LogP) is 4.37. The van der Waals surface area contributed by atoms with Gasteiger partial charge in [-0.25, -0.2) is 4.39 Å². The van der Waals surface area contributed by atoms with Crippen molar-refractivity contribution in [1.29, 1.82) is 0 Å². The number of rotatable bonds is 2. The van der Waals surface area contributed by atoms with Gasteiger partial charge in [0.2, 0.25) is 0 Å². The van der Waals surface area contributed by atoms with E-state index in [1.54, 1.807) is 17.9 Å². The first kappa shape index (κ1) is 14.6. The fourth-order valence-electron chi connectivity index (χ4n) is 2.06. The van der Waals surface area contributed by atoms with Crippen molar-refractivity contribution < 1.29 is 17.6 Å². The normalized spacial score (nSPS) is 12.2. The van der Waals surface area contributed by atoms with Crippen molar-refractivity contribution in [3.05, 3.63) is 41.5 Å². The third-order valence-corrected chi connectivity index (χ3v) is 2.99. The molecule has 0 N–H and O–H groups in total. The maximum Gasteiger partial charge on any atom is 0.419 e. The van der Waals surface area contributed by atoms with Gasteiger partial charge in [-0.05, 0) is 23.6 Å². The minimum Gasteiger partial charge on any atom is -0.275 e. The van der Waals surface area contributed by atoms with E-state index >= 15 is 0 Å². The molecular formula is C14H14F4N2. The zero-order chi connectivity index (χ0) is 15.1. The number of nitrogens with zero attached hydrogens (tertiary/aromatic N) is 2. The lowest BCUT2D eigenvalue weighted by Crippen LogP contribution is -2.08. The third kappa shape index (κ3) is 2.69. The van der Waals surface area contributed by atoms with Gasteiger partial charge in [0, 0.05) is 18.8 Å². The molecule has 0 amide bonds. The van der Waals surface area contributed by atoms with Gasteiger partial charge in [-0.1, -0.05) is 19.9 Å². The van der Waals surface area contributed by atoms with Crippen molar-refractivity contribution in [2.75, 3.05) is 0 Å². The minimum absolute atomic E-state index is 0.0607. The maximum atomic E-state index is 13.3. The van der Waals surface area contributed by atoms with Crippen LogP contribution in [0, 0.1) is 5.82 Å². The van der Waals surface area contributed by atoms with Crippen LogP contribution < -0.4 is 0 Å². The fraction of sp³-hybridized carbons (Fsp3) is 0.357. The van der Waals surface area contributed by atoms with Crippen LogP contribution in [0.3, 0.4) is 0 Å². The fourth-order valence-corrected chi connectivity index (χ4v) is 2.06. The molecule has 20 heavy (non-hydrogen) atoms. The Morgan fingerprint density at radius 1 is 1.20 bits per heavy atom. The highest BCUT2D eigenvalue weighted by atomic mass is 19.4. The molecule has 0 aliphatic rings. The number of aryl methyl sites for hydroxylation is 1. The molecule has 0 bridgehead atoms. The van der Waals surface area contributed by atoms with Gasteiger partial charge in [0.1, 0.15) is 5.82 Å². The highest BCUT2D eigenvalue weighted by Crippen LogP contribution is 2.35. The molecule has 6 heteroatoms. The molecule has 2 aromatic rings. The molecule has 1 aromatic carbocycles. The third-order valence-electron chi connectivity index (χ3n) is 2.99. The molecule has 0 aliphatic carbocycles. The topological polar surface area (TPSA) is 17.8 Å². The maximum absolute atomic E-state index is 13.3. The number of alkyl halides is 3. The van der Waals surface area contributed by atoms with E-state index in [0.29, 0.717) is 16.8 Å². The van der Waals surface area contributed by atoms with Crippen molar-refractivity contribution in [3.8, 4) is 11.1 Å². The second-order valence-electron chi connectivity index (χ2n) is 4.95. The molecule has 0 aliphatic heterocycles. The quantitative estimate of drug-likeness (QED) is 0.750. The summed E-state index contributed by atoms with van der Waals surface area (Å²) in [5, 5.41) is 4.24. The van der Waals surface area contributed by atoms with Crippen LogP contribution in [0.1, 0.15) is 31.0 Å². The van der Waals surface area contributed by atoms with Crippen molar-refractivity contribution in [1.82, 2.24) is 9.78 Å². The highest BCUT2D eigenvalue weighted by molar-refractivity contribution is 5.67. The van der Waals surface area contributed by atoms with Gasteiger partial charge in [-0.2, -0.15) is 18.3 Å². The van der Waals surface area contributed by atoms with Gasteiger partial charge in [0.15, 0.2) is 0 Å². The van der Waals surface area contributed by atoms with Crippen molar-refractivity contribution in [3.63, 3.8) is 0 Å². The van der Waals surface area contributed by atoms with Gasteiger partial charge in [0.05, 0.1) is 11.3 Å². The Hall–Kier alpha value is -1.85. The summed E-state index contributed by atoms with van der Waals surface area (Å²) in [6.07, 6.45) is -3.07. The van der Waals surface area contributed by atoms with Crippen LogP contribution in [0.15, 0.2) is 24.4 Å². The molecule has 1 heterocycles. The van der Waals surface area contributed by atoms with Crippen LogP contribution in [0.25, 0.3) is 11.1 Å². The van der Waals surface area contributed by atoms with Gasteiger partial charge in [-0.15, -0.1) is 0 Å². The van der Waals surface area contributed by atoms with Gasteiger partial charge < -0.3 is 0 Å². The molecule has 1 aromatic heterocycles. The summed E-state index contributed by atoms with van der Waals surface area (Å²) in [5.74, 6) is -1.21. The van der Waals surface area contributed by atoms with Crippen LogP contribution in [-0.2, 0) is 13.2 Å². The average Bonchev–Trinajstić information content (AvgIpc) is 2.70. The van der Waals surface area contributed by atoms with Crippen LogP contribution in [0.5, 0.6) is 0 Å². The van der Waals surface area contributed by atoms with Crippen LogP contribution in [-0.4, -0.2) is 9.78 Å². The smallest absolute Gasteiger partial charge is 0.275 e. The lowest BCUT2D eigenvalue weighted by atomic mass is 9.98. The second-order valence-corrected chi connectivity index (χ2v) is 4.95. The van der Waals surface area contributed by atoms with Gasteiger partial charge in [-0.3, -0.25) is 4.68 Å². The minimum atomic E-state index is -4.71. The van der Waals surface area contributed by atoms with E-state index in [2.05, 4.69) is 5.10 Å². The first-order chi connectivity index (χ1) is 9.20. The van der Waals surface area contributed by atoms with Gasteiger partial charge >= 0.3 is 6.18 Å². The first-order valence-corrected chi connectivity index (χ1v) is 6.11. The molecule has 0 atom stereocenters. The number of halogens is 4. The molecule has 0 saturated carbocycles. The molecule has 0 spiro atoms. The van der Waals surface area contributed by atoms with Crippen LogP contribution >= 0.6 is 0 Å².